The molecular weight excluding hydrogens is 665 g/mol. The summed E-state index contributed by atoms with van der Waals surface area (Å²) in [6.07, 6.45) is 0. The highest BCUT2D eigenvalue weighted by Crippen LogP contribution is 2.39. The van der Waals surface area contributed by atoms with Gasteiger partial charge in [-0.15, -0.1) is 11.3 Å². The second kappa shape index (κ2) is 14.1. The van der Waals surface area contributed by atoms with Gasteiger partial charge in [-0.2, -0.15) is 0 Å². The van der Waals surface area contributed by atoms with Crippen LogP contribution in [-0.2, 0) is 0 Å². The molecule has 9 aromatic rings. The summed E-state index contributed by atoms with van der Waals surface area (Å²) < 4.78 is 1.96. The predicted molar refractivity (Wildman–Crippen MR) is 226 cm³/mol. The van der Waals surface area contributed by atoms with Crippen molar-refractivity contribution in [1.82, 2.24) is 0 Å². The van der Waals surface area contributed by atoms with E-state index >= 15 is 0 Å². The first kappa shape index (κ1) is 32.2. The summed E-state index contributed by atoms with van der Waals surface area (Å²) in [6.45, 7) is 0. The largest absolute Gasteiger partial charge is 0.311 e. The van der Waals surface area contributed by atoms with Crippen LogP contribution in [-0.4, -0.2) is 0 Å². The third-order valence-corrected chi connectivity index (χ3v) is 10.8. The van der Waals surface area contributed by atoms with Gasteiger partial charge in [0.15, 0.2) is 5.43 Å². The minimum absolute atomic E-state index is 0.0619. The Morgan fingerprint density at radius 3 is 1.23 bits per heavy atom. The molecule has 0 amide bonds. The minimum Gasteiger partial charge on any atom is -0.311 e. The summed E-state index contributed by atoms with van der Waals surface area (Å²) >= 11 is 1.67. The van der Waals surface area contributed by atoms with Crippen molar-refractivity contribution in [1.29, 1.82) is 0 Å². The molecule has 0 bridgehead atoms. The first-order chi connectivity index (χ1) is 26.2. The number of hydrogen-bond acceptors (Lipinski definition) is 4. The van der Waals surface area contributed by atoms with Gasteiger partial charge < -0.3 is 9.80 Å². The molecule has 0 N–H and O–H groups in total. The maximum atomic E-state index is 14.3. The van der Waals surface area contributed by atoms with Crippen LogP contribution < -0.4 is 15.2 Å². The van der Waals surface area contributed by atoms with Crippen LogP contribution in [0.25, 0.3) is 42.4 Å². The third kappa shape index (κ3) is 6.26. The molecule has 0 saturated heterocycles. The van der Waals surface area contributed by atoms with Gasteiger partial charge in [-0.25, -0.2) is 0 Å². The normalized spacial score (nSPS) is 11.1. The average Bonchev–Trinajstić information content (AvgIpc) is 3.23. The summed E-state index contributed by atoms with van der Waals surface area (Å²) in [6, 6.07) is 71.2. The maximum absolute atomic E-state index is 14.3. The van der Waals surface area contributed by atoms with Gasteiger partial charge in [-0.1, -0.05) is 115 Å². The molecule has 252 valence electrons. The van der Waals surface area contributed by atoms with E-state index in [1.165, 1.54) is 0 Å². The van der Waals surface area contributed by atoms with E-state index in [1.54, 1.807) is 11.3 Å². The molecule has 3 nitrogen and oxygen atoms in total. The smallest absolute Gasteiger partial charge is 0.196 e. The first-order valence-electron chi connectivity index (χ1n) is 17.7. The number of hydrogen-bond donors (Lipinski definition) is 0. The molecule has 1 heterocycles. The van der Waals surface area contributed by atoms with Crippen LogP contribution in [0.3, 0.4) is 0 Å². The highest BCUT2D eigenvalue weighted by atomic mass is 32.1. The van der Waals surface area contributed by atoms with Crippen molar-refractivity contribution in [2.45, 2.75) is 0 Å². The third-order valence-electron chi connectivity index (χ3n) is 9.65. The molecule has 4 heteroatoms. The number of para-hydroxylation sites is 4. The Morgan fingerprint density at radius 2 is 0.755 bits per heavy atom. The van der Waals surface area contributed by atoms with Crippen LogP contribution in [0, 0.1) is 0 Å². The fraction of sp³-hybridized carbons (Fsp3) is 0. The fourth-order valence-electron chi connectivity index (χ4n) is 7.11. The number of rotatable bonds is 8. The van der Waals surface area contributed by atoms with Crippen LogP contribution in [0.4, 0.5) is 34.1 Å². The van der Waals surface area contributed by atoms with E-state index < -0.39 is 0 Å². The topological polar surface area (TPSA) is 23.6 Å². The standard InChI is InChI=1S/C49H34N2OS/c52-49-45-33-28-37(35-24-29-42(30-25-35)50(38-14-5-1-6-15-38)39-16-7-2-8-17-39)34-47(45)53-46-23-13-22-44(48(46)49)36-26-31-43(32-27-36)51(40-18-9-3-10-19-40)41-20-11-4-12-21-41/h1-34H. The Kier molecular flexibility index (Phi) is 8.56. The quantitative estimate of drug-likeness (QED) is 0.148. The van der Waals surface area contributed by atoms with Gasteiger partial charge in [0.05, 0.1) is 0 Å². The van der Waals surface area contributed by atoms with Gasteiger partial charge in [-0.3, -0.25) is 4.79 Å². The maximum Gasteiger partial charge on any atom is 0.196 e. The molecule has 0 atom stereocenters. The van der Waals surface area contributed by atoms with Crippen LogP contribution in [0.5, 0.6) is 0 Å². The van der Waals surface area contributed by atoms with Gasteiger partial charge in [0.2, 0.25) is 0 Å². The molecule has 0 spiro atoms. The molecule has 0 fully saturated rings. The molecule has 0 unspecified atom stereocenters. The van der Waals surface area contributed by atoms with E-state index in [1.807, 2.05) is 30.3 Å². The van der Waals surface area contributed by atoms with E-state index in [2.05, 4.69) is 186 Å². The van der Waals surface area contributed by atoms with Crippen molar-refractivity contribution >= 4 is 65.6 Å². The number of anilines is 6. The van der Waals surface area contributed by atoms with Gasteiger partial charge in [-0.05, 0) is 113 Å². The molecule has 1 aromatic heterocycles. The lowest BCUT2D eigenvalue weighted by Crippen LogP contribution is -2.09. The van der Waals surface area contributed by atoms with E-state index in [0.29, 0.717) is 0 Å². The lowest BCUT2D eigenvalue weighted by atomic mass is 9.99. The summed E-state index contributed by atoms with van der Waals surface area (Å²) in [5, 5.41) is 1.50. The summed E-state index contributed by atoms with van der Waals surface area (Å²) in [5.41, 5.74) is 10.7. The molecule has 0 radical (unpaired) electrons. The van der Waals surface area contributed by atoms with Gasteiger partial charge in [0, 0.05) is 54.3 Å². The van der Waals surface area contributed by atoms with Gasteiger partial charge in [0.25, 0.3) is 0 Å². The molecule has 0 aliphatic heterocycles. The first-order valence-corrected chi connectivity index (χ1v) is 18.5. The number of fused-ring (bicyclic) bond motifs is 2. The Bertz CT molecular complexity index is 2630. The zero-order valence-electron chi connectivity index (χ0n) is 28.8. The van der Waals surface area contributed by atoms with Crippen molar-refractivity contribution < 1.29 is 0 Å². The molecule has 8 aromatic carbocycles. The summed E-state index contributed by atoms with van der Waals surface area (Å²) in [4.78, 5) is 18.8. The van der Waals surface area contributed by atoms with Crippen LogP contribution in [0.1, 0.15) is 0 Å². The lowest BCUT2D eigenvalue weighted by molar-refractivity contribution is 1.28. The Balaban J connectivity index is 1.05. The average molecular weight is 699 g/mol. The van der Waals surface area contributed by atoms with E-state index in [9.17, 15) is 4.79 Å². The predicted octanol–water partition coefficient (Wildman–Crippen LogP) is 13.7. The lowest BCUT2D eigenvalue weighted by Gasteiger charge is -2.25. The van der Waals surface area contributed by atoms with Crippen LogP contribution >= 0.6 is 11.3 Å². The zero-order valence-corrected chi connectivity index (χ0v) is 29.7. The second-order valence-electron chi connectivity index (χ2n) is 12.9. The molecule has 0 aliphatic carbocycles. The monoisotopic (exact) mass is 698 g/mol. The van der Waals surface area contributed by atoms with E-state index in [-0.39, 0.29) is 5.43 Å². The minimum atomic E-state index is 0.0619. The molecule has 0 saturated carbocycles. The van der Waals surface area contributed by atoms with Gasteiger partial charge in [0.1, 0.15) is 0 Å². The number of benzene rings is 8. The highest BCUT2D eigenvalue weighted by molar-refractivity contribution is 7.24. The summed E-state index contributed by atoms with van der Waals surface area (Å²) in [7, 11) is 0. The van der Waals surface area contributed by atoms with Crippen LogP contribution in [0.15, 0.2) is 211 Å². The zero-order chi connectivity index (χ0) is 35.6. The Labute approximate surface area is 312 Å². The van der Waals surface area contributed by atoms with Crippen molar-refractivity contribution in [3.05, 3.63) is 216 Å². The Morgan fingerprint density at radius 1 is 0.340 bits per heavy atom. The summed E-state index contributed by atoms with van der Waals surface area (Å²) in [5.74, 6) is 0. The second-order valence-corrected chi connectivity index (χ2v) is 14.0. The highest BCUT2D eigenvalue weighted by Gasteiger charge is 2.16. The fourth-order valence-corrected chi connectivity index (χ4v) is 8.26. The SMILES string of the molecule is O=c1c2ccc(-c3ccc(N(c4ccccc4)c4ccccc4)cc3)cc2sc2cccc(-c3ccc(N(c4ccccc4)c4ccccc4)cc3)c12. The van der Waals surface area contributed by atoms with Crippen molar-refractivity contribution in [3.63, 3.8) is 0 Å². The molecular formula is C49H34N2OS. The van der Waals surface area contributed by atoms with Crippen LogP contribution in [0.2, 0.25) is 0 Å². The van der Waals surface area contributed by atoms with E-state index in [4.69, 9.17) is 0 Å². The van der Waals surface area contributed by atoms with Crippen molar-refractivity contribution in [2.75, 3.05) is 9.80 Å². The van der Waals surface area contributed by atoms with Gasteiger partial charge >= 0.3 is 0 Å². The van der Waals surface area contributed by atoms with E-state index in [0.717, 1.165) is 76.6 Å². The molecule has 53 heavy (non-hydrogen) atoms. The van der Waals surface area contributed by atoms with Crippen molar-refractivity contribution in [3.8, 4) is 22.3 Å². The number of nitrogens with zero attached hydrogens (tertiary/aromatic N) is 2. The molecule has 9 rings (SSSR count). The Hall–Kier alpha value is -6.75. The molecule has 0 aliphatic rings. The van der Waals surface area contributed by atoms with Crippen molar-refractivity contribution in [2.24, 2.45) is 0 Å².